The topological polar surface area (TPSA) is 94.8 Å². The molecule has 0 aromatic heterocycles. The zero-order chi connectivity index (χ0) is 14.9. The van der Waals surface area contributed by atoms with Crippen LogP contribution < -0.4 is 0 Å². The van der Waals surface area contributed by atoms with E-state index in [9.17, 15) is 9.59 Å². The van der Waals surface area contributed by atoms with Crippen molar-refractivity contribution in [2.45, 2.75) is 13.8 Å². The van der Waals surface area contributed by atoms with Crippen LogP contribution in [0.1, 0.15) is 33.2 Å². The number of aliphatic hydroxyl groups excluding tert-OH is 3. The molecular formula is C14H20O5. The summed E-state index contributed by atoms with van der Waals surface area (Å²) in [4.78, 5) is 20.6. The van der Waals surface area contributed by atoms with Crippen LogP contribution in [-0.4, -0.2) is 47.7 Å². The Bertz CT molecular complexity index is 402. The van der Waals surface area contributed by atoms with Crippen LogP contribution in [0.2, 0.25) is 0 Å². The molecule has 0 radical (unpaired) electrons. The van der Waals surface area contributed by atoms with Gasteiger partial charge in [0.05, 0.1) is 19.8 Å². The summed E-state index contributed by atoms with van der Waals surface area (Å²) in [7, 11) is 0. The lowest BCUT2D eigenvalue weighted by atomic mass is 9.95. The van der Waals surface area contributed by atoms with Crippen LogP contribution in [0.25, 0.3) is 0 Å². The van der Waals surface area contributed by atoms with Crippen LogP contribution in [0.4, 0.5) is 0 Å². The fourth-order valence-electron chi connectivity index (χ4n) is 1.05. The van der Waals surface area contributed by atoms with Crippen LogP contribution in [0, 0.1) is 12.3 Å². The normalized spacial score (nSPS) is 10.4. The van der Waals surface area contributed by atoms with E-state index in [4.69, 9.17) is 15.3 Å². The van der Waals surface area contributed by atoms with Crippen molar-refractivity contribution in [2.75, 3.05) is 19.8 Å². The molecule has 0 aliphatic carbocycles. The number of carbonyl (C=O) groups is 2. The Hall–Kier alpha value is -1.56. The second-order valence-corrected chi connectivity index (χ2v) is 4.64. The van der Waals surface area contributed by atoms with Gasteiger partial charge in [-0.1, -0.05) is 19.1 Å². The quantitative estimate of drug-likeness (QED) is 0.679. The highest BCUT2D eigenvalue weighted by atomic mass is 16.3. The third-order valence-corrected chi connectivity index (χ3v) is 2.70. The van der Waals surface area contributed by atoms with Gasteiger partial charge in [0.15, 0.2) is 0 Å². The first-order valence-electron chi connectivity index (χ1n) is 5.80. The Morgan fingerprint density at radius 1 is 1.05 bits per heavy atom. The third-order valence-electron chi connectivity index (χ3n) is 2.70. The lowest BCUT2D eigenvalue weighted by Gasteiger charge is -2.20. The highest BCUT2D eigenvalue weighted by Crippen LogP contribution is 2.11. The summed E-state index contributed by atoms with van der Waals surface area (Å²) >= 11 is 0. The molecule has 0 fully saturated rings. The number of rotatable bonds is 5. The first kappa shape index (κ1) is 17.4. The van der Waals surface area contributed by atoms with Gasteiger partial charge in [-0.05, 0) is 18.6 Å². The van der Waals surface area contributed by atoms with Crippen molar-refractivity contribution in [3.05, 3.63) is 34.9 Å². The smallest absolute Gasteiger partial charge is 0.150 e. The van der Waals surface area contributed by atoms with E-state index in [0.717, 1.165) is 18.1 Å². The van der Waals surface area contributed by atoms with Crippen LogP contribution in [-0.2, 0) is 0 Å². The molecule has 5 heteroatoms. The van der Waals surface area contributed by atoms with Gasteiger partial charge >= 0.3 is 0 Å². The molecule has 5 nitrogen and oxygen atoms in total. The average Bonchev–Trinajstić information content (AvgIpc) is 2.47. The zero-order valence-electron chi connectivity index (χ0n) is 11.2. The van der Waals surface area contributed by atoms with E-state index in [2.05, 4.69) is 0 Å². The maximum Gasteiger partial charge on any atom is 0.150 e. The summed E-state index contributed by atoms with van der Waals surface area (Å²) in [5, 5.41) is 25.4. The van der Waals surface area contributed by atoms with Gasteiger partial charge in [0, 0.05) is 16.5 Å². The molecule has 106 valence electrons. The Labute approximate surface area is 112 Å². The number of aldehydes is 2. The number of hydrogen-bond acceptors (Lipinski definition) is 5. The standard InChI is InChI=1S/C9H8O2.C5H12O3/c1-7-4-8(5-10)2-3-9(7)6-11;1-5(2-6,3-7)4-8/h2-6H,1H3;6-8H,2-4H2,1H3. The Morgan fingerprint density at radius 3 is 1.84 bits per heavy atom. The van der Waals surface area contributed by atoms with Crippen LogP contribution in [0.15, 0.2) is 18.2 Å². The van der Waals surface area contributed by atoms with E-state index in [1.54, 1.807) is 32.0 Å². The van der Waals surface area contributed by atoms with E-state index in [1.807, 2.05) is 0 Å². The molecule has 0 bridgehead atoms. The van der Waals surface area contributed by atoms with Gasteiger partial charge < -0.3 is 15.3 Å². The maximum atomic E-state index is 10.3. The summed E-state index contributed by atoms with van der Waals surface area (Å²) in [6, 6.07) is 4.96. The Morgan fingerprint density at radius 2 is 1.58 bits per heavy atom. The summed E-state index contributed by atoms with van der Waals surface area (Å²) in [5.41, 5.74) is 1.37. The molecule has 0 aliphatic rings. The molecule has 19 heavy (non-hydrogen) atoms. The summed E-state index contributed by atoms with van der Waals surface area (Å²) < 4.78 is 0. The van der Waals surface area contributed by atoms with Crippen LogP contribution in [0.3, 0.4) is 0 Å². The minimum Gasteiger partial charge on any atom is -0.396 e. The molecule has 0 saturated heterocycles. The second-order valence-electron chi connectivity index (χ2n) is 4.64. The minimum atomic E-state index is -0.708. The highest BCUT2D eigenvalue weighted by Gasteiger charge is 2.20. The Kier molecular flexibility index (Phi) is 7.83. The highest BCUT2D eigenvalue weighted by molar-refractivity contribution is 5.81. The van der Waals surface area contributed by atoms with Crippen LogP contribution >= 0.6 is 0 Å². The first-order valence-corrected chi connectivity index (χ1v) is 5.80. The lowest BCUT2D eigenvalue weighted by Crippen LogP contribution is -2.29. The van der Waals surface area contributed by atoms with Crippen molar-refractivity contribution < 1.29 is 24.9 Å². The van der Waals surface area contributed by atoms with Crippen molar-refractivity contribution in [2.24, 2.45) is 5.41 Å². The number of carbonyl (C=O) groups excluding carboxylic acids is 2. The molecule has 0 heterocycles. The van der Waals surface area contributed by atoms with E-state index in [0.29, 0.717) is 11.1 Å². The van der Waals surface area contributed by atoms with E-state index < -0.39 is 5.41 Å². The molecule has 0 aliphatic heterocycles. The zero-order valence-corrected chi connectivity index (χ0v) is 11.2. The predicted octanol–water partition coefficient (Wildman–Crippen LogP) is 0.590. The van der Waals surface area contributed by atoms with Gasteiger partial charge in [0.25, 0.3) is 0 Å². The maximum absolute atomic E-state index is 10.3. The molecule has 1 aromatic rings. The molecule has 0 unspecified atom stereocenters. The van der Waals surface area contributed by atoms with Gasteiger partial charge in [-0.15, -0.1) is 0 Å². The van der Waals surface area contributed by atoms with E-state index >= 15 is 0 Å². The number of aryl methyl sites for hydroxylation is 1. The number of benzene rings is 1. The van der Waals surface area contributed by atoms with E-state index in [-0.39, 0.29) is 19.8 Å². The number of aliphatic hydroxyl groups is 3. The largest absolute Gasteiger partial charge is 0.396 e. The van der Waals surface area contributed by atoms with Crippen molar-refractivity contribution in [1.82, 2.24) is 0 Å². The number of hydrogen-bond donors (Lipinski definition) is 3. The molecule has 0 amide bonds. The van der Waals surface area contributed by atoms with Crippen molar-refractivity contribution in [1.29, 1.82) is 0 Å². The van der Waals surface area contributed by atoms with Crippen molar-refractivity contribution in [3.8, 4) is 0 Å². The second kappa shape index (κ2) is 8.53. The van der Waals surface area contributed by atoms with Crippen LogP contribution in [0.5, 0.6) is 0 Å². The Balaban J connectivity index is 0.000000362. The van der Waals surface area contributed by atoms with E-state index in [1.165, 1.54) is 0 Å². The van der Waals surface area contributed by atoms with Crippen molar-refractivity contribution in [3.63, 3.8) is 0 Å². The van der Waals surface area contributed by atoms with Gasteiger partial charge in [0.2, 0.25) is 0 Å². The SMILES string of the molecule is CC(CO)(CO)CO.Cc1cc(C=O)ccc1C=O. The van der Waals surface area contributed by atoms with Gasteiger partial charge in [-0.2, -0.15) is 0 Å². The molecule has 3 N–H and O–H groups in total. The average molecular weight is 268 g/mol. The summed E-state index contributed by atoms with van der Waals surface area (Å²) in [6.07, 6.45) is 1.55. The molecular weight excluding hydrogens is 248 g/mol. The fraction of sp³-hybridized carbons (Fsp3) is 0.429. The summed E-state index contributed by atoms with van der Waals surface area (Å²) in [5.74, 6) is 0. The molecule has 0 spiro atoms. The van der Waals surface area contributed by atoms with Crippen molar-refractivity contribution >= 4 is 12.6 Å². The van der Waals surface area contributed by atoms with Gasteiger partial charge in [-0.25, -0.2) is 0 Å². The first-order chi connectivity index (χ1) is 8.96. The fourth-order valence-corrected chi connectivity index (χ4v) is 1.05. The minimum absolute atomic E-state index is 0.181. The van der Waals surface area contributed by atoms with Gasteiger partial charge in [0.1, 0.15) is 12.6 Å². The summed E-state index contributed by atoms with van der Waals surface area (Å²) in [6.45, 7) is 2.86. The monoisotopic (exact) mass is 268 g/mol. The molecule has 1 aromatic carbocycles. The molecule has 0 atom stereocenters. The molecule has 1 rings (SSSR count). The molecule has 0 saturated carbocycles. The lowest BCUT2D eigenvalue weighted by molar-refractivity contribution is 0.0200. The third kappa shape index (κ3) is 5.74. The predicted molar refractivity (Wildman–Crippen MR) is 71.3 cm³/mol. The van der Waals surface area contributed by atoms with Gasteiger partial charge in [-0.3, -0.25) is 9.59 Å².